The van der Waals surface area contributed by atoms with Crippen molar-refractivity contribution in [3.63, 3.8) is 0 Å². The average molecular weight is 576 g/mol. The highest BCUT2D eigenvalue weighted by Crippen LogP contribution is 2.31. The molecule has 3 aromatic carbocycles. The smallest absolute Gasteiger partial charge is 0.319 e. The molecule has 0 atom stereocenters. The highest BCUT2D eigenvalue weighted by molar-refractivity contribution is 7.92. The Hall–Kier alpha value is -4.32. The van der Waals surface area contributed by atoms with E-state index in [1.165, 1.54) is 12.1 Å². The number of nitrogens with one attached hydrogen (secondary N) is 3. The van der Waals surface area contributed by atoms with Gasteiger partial charge in [-0.15, -0.1) is 0 Å². The van der Waals surface area contributed by atoms with E-state index in [0.29, 0.717) is 43.2 Å². The molecule has 4 aromatic rings. The van der Waals surface area contributed by atoms with Crippen molar-refractivity contribution in [3.05, 3.63) is 108 Å². The Morgan fingerprint density at radius 1 is 0.927 bits per heavy atom. The van der Waals surface area contributed by atoms with Crippen molar-refractivity contribution in [2.45, 2.75) is 18.0 Å². The number of rotatable bonds is 9. The van der Waals surface area contributed by atoms with Crippen LogP contribution in [0.4, 0.5) is 20.6 Å². The molecule has 41 heavy (non-hydrogen) atoms. The molecule has 212 valence electrons. The summed E-state index contributed by atoms with van der Waals surface area (Å²) >= 11 is 0. The van der Waals surface area contributed by atoms with E-state index in [0.717, 1.165) is 30.3 Å². The van der Waals surface area contributed by atoms with Gasteiger partial charge in [0, 0.05) is 55.5 Å². The van der Waals surface area contributed by atoms with E-state index in [-0.39, 0.29) is 10.5 Å². The Kier molecular flexibility index (Phi) is 8.88. The second kappa shape index (κ2) is 12.9. The maximum Gasteiger partial charge on any atom is 0.319 e. The first-order valence-corrected chi connectivity index (χ1v) is 14.6. The summed E-state index contributed by atoms with van der Waals surface area (Å²) in [6.45, 7) is 3.99. The van der Waals surface area contributed by atoms with Crippen molar-refractivity contribution in [3.8, 4) is 11.1 Å². The van der Waals surface area contributed by atoms with Crippen LogP contribution in [-0.2, 0) is 27.8 Å². The topological polar surface area (TPSA) is 113 Å². The van der Waals surface area contributed by atoms with E-state index < -0.39 is 21.9 Å². The van der Waals surface area contributed by atoms with Gasteiger partial charge in [-0.1, -0.05) is 24.3 Å². The van der Waals surface area contributed by atoms with Crippen molar-refractivity contribution in [2.24, 2.45) is 0 Å². The molecule has 0 saturated carbocycles. The number of nitrogens with zero attached hydrogens (tertiary/aromatic N) is 2. The van der Waals surface area contributed by atoms with E-state index in [1.807, 2.05) is 24.3 Å². The number of amides is 2. The standard InChI is InChI=1S/C30H30FN5O4S/c31-25-6-11-29(28(18-25)24-5-1-3-22(17-24)21-36-13-15-40-16-14-36)41(38,39)35-27-9-7-26(8-10-27)34-30(37)33-20-23-4-2-12-32-19-23/h1-12,17-19,35H,13-16,20-21H2,(H2,33,34,37). The first-order valence-electron chi connectivity index (χ1n) is 13.1. The second-order valence-electron chi connectivity index (χ2n) is 9.58. The zero-order valence-electron chi connectivity index (χ0n) is 22.2. The minimum atomic E-state index is -4.07. The molecule has 9 nitrogen and oxygen atoms in total. The Morgan fingerprint density at radius 2 is 1.68 bits per heavy atom. The van der Waals surface area contributed by atoms with Gasteiger partial charge in [0.05, 0.1) is 18.1 Å². The number of urea groups is 1. The third kappa shape index (κ3) is 7.66. The van der Waals surface area contributed by atoms with Gasteiger partial charge in [-0.2, -0.15) is 0 Å². The molecular weight excluding hydrogens is 545 g/mol. The van der Waals surface area contributed by atoms with Crippen molar-refractivity contribution in [1.82, 2.24) is 15.2 Å². The number of aromatic nitrogens is 1. The number of morpholine rings is 1. The largest absolute Gasteiger partial charge is 0.379 e. The van der Waals surface area contributed by atoms with Crippen LogP contribution in [0.25, 0.3) is 11.1 Å². The lowest BCUT2D eigenvalue weighted by molar-refractivity contribution is 0.0342. The monoisotopic (exact) mass is 575 g/mol. The molecule has 0 aliphatic carbocycles. The summed E-state index contributed by atoms with van der Waals surface area (Å²) in [4.78, 5) is 18.5. The van der Waals surface area contributed by atoms with E-state index in [1.54, 1.807) is 48.8 Å². The highest BCUT2D eigenvalue weighted by atomic mass is 32.2. The molecule has 11 heteroatoms. The lowest BCUT2D eigenvalue weighted by Gasteiger charge is -2.26. The first kappa shape index (κ1) is 28.2. The third-order valence-electron chi connectivity index (χ3n) is 6.55. The van der Waals surface area contributed by atoms with Gasteiger partial charge >= 0.3 is 6.03 Å². The van der Waals surface area contributed by atoms with Crippen LogP contribution in [0.1, 0.15) is 11.1 Å². The van der Waals surface area contributed by atoms with Crippen molar-refractivity contribution in [2.75, 3.05) is 36.3 Å². The Balaban J connectivity index is 1.28. The van der Waals surface area contributed by atoms with Crippen molar-refractivity contribution < 1.29 is 22.3 Å². The maximum absolute atomic E-state index is 14.3. The number of hydrogen-bond donors (Lipinski definition) is 3. The number of sulfonamides is 1. The van der Waals surface area contributed by atoms with Crippen LogP contribution in [0.2, 0.25) is 0 Å². The maximum atomic E-state index is 14.3. The van der Waals surface area contributed by atoms with Gasteiger partial charge < -0.3 is 15.4 Å². The molecule has 1 fully saturated rings. The lowest BCUT2D eigenvalue weighted by atomic mass is 10.0. The van der Waals surface area contributed by atoms with Crippen molar-refractivity contribution in [1.29, 1.82) is 0 Å². The molecule has 0 unspecified atom stereocenters. The Bertz CT molecular complexity index is 1600. The van der Waals surface area contributed by atoms with Gasteiger partial charge in [0.1, 0.15) is 5.82 Å². The number of ether oxygens (including phenoxy) is 1. The number of benzene rings is 3. The number of pyridine rings is 1. The molecule has 2 heterocycles. The van der Waals surface area contributed by atoms with E-state index in [4.69, 9.17) is 4.74 Å². The Morgan fingerprint density at radius 3 is 2.44 bits per heavy atom. The fourth-order valence-corrected chi connectivity index (χ4v) is 5.78. The predicted molar refractivity (Wildman–Crippen MR) is 155 cm³/mol. The van der Waals surface area contributed by atoms with Gasteiger partial charge in [-0.05, 0) is 71.3 Å². The zero-order chi connectivity index (χ0) is 28.7. The molecule has 2 amide bonds. The predicted octanol–water partition coefficient (Wildman–Crippen LogP) is 4.84. The summed E-state index contributed by atoms with van der Waals surface area (Å²) in [7, 11) is -4.07. The SMILES string of the molecule is O=C(NCc1cccnc1)Nc1ccc(NS(=O)(=O)c2ccc(F)cc2-c2cccc(CN3CCOCC3)c2)cc1. The number of halogens is 1. The van der Waals surface area contributed by atoms with E-state index in [9.17, 15) is 17.6 Å². The molecular formula is C30H30FN5O4S. The molecule has 1 aromatic heterocycles. The molecule has 0 bridgehead atoms. The summed E-state index contributed by atoms with van der Waals surface area (Å²) in [5.41, 5.74) is 3.50. The van der Waals surface area contributed by atoms with Crippen LogP contribution in [0, 0.1) is 5.82 Å². The third-order valence-corrected chi connectivity index (χ3v) is 7.99. The normalized spacial score (nSPS) is 13.9. The van der Waals surface area contributed by atoms with Crippen LogP contribution in [-0.4, -0.2) is 50.6 Å². The second-order valence-corrected chi connectivity index (χ2v) is 11.2. The van der Waals surface area contributed by atoms with Crippen LogP contribution in [0.5, 0.6) is 0 Å². The molecule has 0 radical (unpaired) electrons. The summed E-state index contributed by atoms with van der Waals surface area (Å²) in [6, 6.07) is 20.6. The molecule has 1 aliphatic rings. The summed E-state index contributed by atoms with van der Waals surface area (Å²) in [5, 5.41) is 5.44. The zero-order valence-corrected chi connectivity index (χ0v) is 23.0. The molecule has 5 rings (SSSR count). The van der Waals surface area contributed by atoms with Gasteiger partial charge in [0.2, 0.25) is 0 Å². The van der Waals surface area contributed by atoms with Crippen LogP contribution in [0.15, 0.2) is 96.2 Å². The number of carbonyl (C=O) groups excluding carboxylic acids is 1. The van der Waals surface area contributed by atoms with Gasteiger partial charge in [-0.3, -0.25) is 14.6 Å². The highest BCUT2D eigenvalue weighted by Gasteiger charge is 2.21. The summed E-state index contributed by atoms with van der Waals surface area (Å²) in [5.74, 6) is -0.533. The summed E-state index contributed by atoms with van der Waals surface area (Å²) in [6.07, 6.45) is 3.32. The van der Waals surface area contributed by atoms with Gasteiger partial charge in [0.25, 0.3) is 10.0 Å². The number of carbonyl (C=O) groups is 1. The molecule has 1 saturated heterocycles. The molecule has 0 spiro atoms. The van der Waals surface area contributed by atoms with Gasteiger partial charge in [-0.25, -0.2) is 17.6 Å². The van der Waals surface area contributed by atoms with Crippen LogP contribution < -0.4 is 15.4 Å². The van der Waals surface area contributed by atoms with E-state index >= 15 is 0 Å². The summed E-state index contributed by atoms with van der Waals surface area (Å²) < 4.78 is 49.2. The van der Waals surface area contributed by atoms with Crippen molar-refractivity contribution >= 4 is 27.4 Å². The quantitative estimate of drug-likeness (QED) is 0.263. The van der Waals surface area contributed by atoms with E-state index in [2.05, 4.69) is 25.2 Å². The number of anilines is 2. The fourth-order valence-electron chi connectivity index (χ4n) is 4.51. The van der Waals surface area contributed by atoms with Crippen LogP contribution in [0.3, 0.4) is 0 Å². The minimum Gasteiger partial charge on any atom is -0.379 e. The first-order chi connectivity index (χ1) is 19.9. The van der Waals surface area contributed by atoms with Crippen LogP contribution >= 0.6 is 0 Å². The molecule has 3 N–H and O–H groups in total. The van der Waals surface area contributed by atoms with Gasteiger partial charge in [0.15, 0.2) is 0 Å². The average Bonchev–Trinajstić information content (AvgIpc) is 2.98. The molecule has 1 aliphatic heterocycles. The fraction of sp³-hybridized carbons (Fsp3) is 0.200. The Labute approximate surface area is 238 Å². The number of hydrogen-bond acceptors (Lipinski definition) is 6. The minimum absolute atomic E-state index is 0.0422. The lowest BCUT2D eigenvalue weighted by Crippen LogP contribution is -2.35.